The summed E-state index contributed by atoms with van der Waals surface area (Å²) < 4.78 is 5.51. The molecule has 0 aliphatic heterocycles. The summed E-state index contributed by atoms with van der Waals surface area (Å²) in [5.74, 6) is 1.32. The Morgan fingerprint density at radius 1 is 1.36 bits per heavy atom. The third-order valence-corrected chi connectivity index (χ3v) is 2.02. The molecular formula is C11H18N2O. The second kappa shape index (κ2) is 6.24. The molecule has 3 heteroatoms. The van der Waals surface area contributed by atoms with Crippen LogP contribution in [0, 0.1) is 0 Å². The first-order chi connectivity index (χ1) is 6.83. The molecule has 0 fully saturated rings. The van der Waals surface area contributed by atoms with Gasteiger partial charge < -0.3 is 10.5 Å². The quantitative estimate of drug-likeness (QED) is 0.708. The summed E-state index contributed by atoms with van der Waals surface area (Å²) >= 11 is 0. The number of hydrogen-bond acceptors (Lipinski definition) is 3. The maximum Gasteiger partial charge on any atom is 0.126 e. The van der Waals surface area contributed by atoms with E-state index in [2.05, 4.69) is 11.9 Å². The zero-order valence-electron chi connectivity index (χ0n) is 8.70. The number of aromatic nitrogens is 1. The average Bonchev–Trinajstić information content (AvgIpc) is 2.18. The Balaban J connectivity index is 2.18. The molecule has 0 amide bonds. The summed E-state index contributed by atoms with van der Waals surface area (Å²) in [6, 6.07) is 3.58. The van der Waals surface area contributed by atoms with Crippen molar-refractivity contribution in [2.24, 2.45) is 0 Å². The smallest absolute Gasteiger partial charge is 0.126 e. The monoisotopic (exact) mass is 194 g/mol. The SMILES string of the molecule is CCCCCCOc1ccnc(N)c1. The van der Waals surface area contributed by atoms with Gasteiger partial charge in [-0.3, -0.25) is 0 Å². The molecule has 0 radical (unpaired) electrons. The maximum absolute atomic E-state index is 5.52. The van der Waals surface area contributed by atoms with Gasteiger partial charge in [0.05, 0.1) is 6.61 Å². The van der Waals surface area contributed by atoms with Crippen LogP contribution in [0.2, 0.25) is 0 Å². The highest BCUT2D eigenvalue weighted by Gasteiger charge is 1.94. The number of ether oxygens (including phenoxy) is 1. The van der Waals surface area contributed by atoms with E-state index in [1.807, 2.05) is 6.07 Å². The van der Waals surface area contributed by atoms with E-state index in [0.29, 0.717) is 5.82 Å². The third-order valence-electron chi connectivity index (χ3n) is 2.02. The molecule has 0 aliphatic carbocycles. The Kier molecular flexibility index (Phi) is 4.83. The topological polar surface area (TPSA) is 48.1 Å². The zero-order valence-corrected chi connectivity index (χ0v) is 8.70. The zero-order chi connectivity index (χ0) is 10.2. The lowest BCUT2D eigenvalue weighted by Gasteiger charge is -2.05. The number of nitrogens with zero attached hydrogens (tertiary/aromatic N) is 1. The Labute approximate surface area is 85.3 Å². The van der Waals surface area contributed by atoms with Gasteiger partial charge >= 0.3 is 0 Å². The first kappa shape index (κ1) is 10.8. The van der Waals surface area contributed by atoms with Crippen molar-refractivity contribution in [1.82, 2.24) is 4.98 Å². The van der Waals surface area contributed by atoms with Crippen LogP contribution in [0.4, 0.5) is 5.82 Å². The van der Waals surface area contributed by atoms with Gasteiger partial charge in [-0.05, 0) is 12.5 Å². The Bertz CT molecular complexity index is 263. The van der Waals surface area contributed by atoms with Crippen LogP contribution in [0.5, 0.6) is 5.75 Å². The minimum absolute atomic E-state index is 0.510. The van der Waals surface area contributed by atoms with Gasteiger partial charge in [0.25, 0.3) is 0 Å². The summed E-state index contributed by atoms with van der Waals surface area (Å²) in [5, 5.41) is 0. The summed E-state index contributed by atoms with van der Waals surface area (Å²) in [4.78, 5) is 3.90. The first-order valence-electron chi connectivity index (χ1n) is 5.17. The summed E-state index contributed by atoms with van der Waals surface area (Å²) in [7, 11) is 0. The molecule has 0 spiro atoms. The van der Waals surface area contributed by atoms with E-state index in [1.165, 1.54) is 19.3 Å². The fraction of sp³-hybridized carbons (Fsp3) is 0.545. The number of pyridine rings is 1. The highest BCUT2D eigenvalue weighted by Crippen LogP contribution is 2.12. The lowest BCUT2D eigenvalue weighted by Crippen LogP contribution is -1.98. The van der Waals surface area contributed by atoms with E-state index < -0.39 is 0 Å². The number of nitrogens with two attached hydrogens (primary N) is 1. The first-order valence-corrected chi connectivity index (χ1v) is 5.17. The molecule has 0 saturated heterocycles. The summed E-state index contributed by atoms with van der Waals surface area (Å²) in [6.45, 7) is 2.97. The fourth-order valence-electron chi connectivity index (χ4n) is 1.24. The molecule has 0 saturated carbocycles. The van der Waals surface area contributed by atoms with Crippen LogP contribution in [0.15, 0.2) is 18.3 Å². The maximum atomic E-state index is 5.52. The standard InChI is InChI=1S/C11H18N2O/c1-2-3-4-5-8-14-10-6-7-13-11(12)9-10/h6-7,9H,2-5,8H2,1H3,(H2,12,13). The molecular weight excluding hydrogens is 176 g/mol. The van der Waals surface area contributed by atoms with Crippen molar-refractivity contribution in [3.63, 3.8) is 0 Å². The molecule has 1 heterocycles. The van der Waals surface area contributed by atoms with E-state index in [1.54, 1.807) is 12.3 Å². The second-order valence-electron chi connectivity index (χ2n) is 3.33. The highest BCUT2D eigenvalue weighted by atomic mass is 16.5. The van der Waals surface area contributed by atoms with Gasteiger partial charge in [-0.15, -0.1) is 0 Å². The van der Waals surface area contributed by atoms with Crippen LogP contribution in [0.1, 0.15) is 32.6 Å². The van der Waals surface area contributed by atoms with Crippen molar-refractivity contribution in [3.05, 3.63) is 18.3 Å². The van der Waals surface area contributed by atoms with Crippen molar-refractivity contribution < 1.29 is 4.74 Å². The lowest BCUT2D eigenvalue weighted by molar-refractivity contribution is 0.305. The second-order valence-corrected chi connectivity index (χ2v) is 3.33. The van der Waals surface area contributed by atoms with Crippen molar-refractivity contribution in [2.75, 3.05) is 12.3 Å². The Hall–Kier alpha value is -1.25. The van der Waals surface area contributed by atoms with Gasteiger partial charge in [-0.2, -0.15) is 0 Å². The van der Waals surface area contributed by atoms with Crippen molar-refractivity contribution in [2.45, 2.75) is 32.6 Å². The Morgan fingerprint density at radius 2 is 2.21 bits per heavy atom. The van der Waals surface area contributed by atoms with Crippen molar-refractivity contribution >= 4 is 5.82 Å². The van der Waals surface area contributed by atoms with E-state index >= 15 is 0 Å². The summed E-state index contributed by atoms with van der Waals surface area (Å²) in [5.41, 5.74) is 5.52. The van der Waals surface area contributed by atoms with Crippen LogP contribution in [-0.2, 0) is 0 Å². The third kappa shape index (κ3) is 4.12. The van der Waals surface area contributed by atoms with Gasteiger partial charge in [0.15, 0.2) is 0 Å². The molecule has 1 rings (SSSR count). The van der Waals surface area contributed by atoms with Crippen LogP contribution in [0.3, 0.4) is 0 Å². The average molecular weight is 194 g/mol. The molecule has 1 aromatic rings. The minimum Gasteiger partial charge on any atom is -0.493 e. The van der Waals surface area contributed by atoms with Crippen molar-refractivity contribution in [1.29, 1.82) is 0 Å². The number of nitrogen functional groups attached to an aromatic ring is 1. The van der Waals surface area contributed by atoms with E-state index in [0.717, 1.165) is 18.8 Å². The van der Waals surface area contributed by atoms with Gasteiger partial charge in [-0.1, -0.05) is 26.2 Å². The molecule has 3 nitrogen and oxygen atoms in total. The highest BCUT2D eigenvalue weighted by molar-refractivity contribution is 5.35. The molecule has 0 aromatic carbocycles. The molecule has 14 heavy (non-hydrogen) atoms. The molecule has 1 aromatic heterocycles. The predicted octanol–water partition coefficient (Wildman–Crippen LogP) is 2.62. The van der Waals surface area contributed by atoms with Crippen LogP contribution < -0.4 is 10.5 Å². The van der Waals surface area contributed by atoms with E-state index in [4.69, 9.17) is 10.5 Å². The fourth-order valence-corrected chi connectivity index (χ4v) is 1.24. The minimum atomic E-state index is 0.510. The van der Waals surface area contributed by atoms with E-state index in [-0.39, 0.29) is 0 Å². The van der Waals surface area contributed by atoms with Gasteiger partial charge in [0.2, 0.25) is 0 Å². The lowest BCUT2D eigenvalue weighted by atomic mass is 10.2. The molecule has 78 valence electrons. The molecule has 0 atom stereocenters. The molecule has 0 unspecified atom stereocenters. The molecule has 2 N–H and O–H groups in total. The van der Waals surface area contributed by atoms with Crippen LogP contribution in [-0.4, -0.2) is 11.6 Å². The predicted molar refractivity (Wildman–Crippen MR) is 58.3 cm³/mol. The van der Waals surface area contributed by atoms with Crippen molar-refractivity contribution in [3.8, 4) is 5.75 Å². The molecule has 0 aliphatic rings. The number of rotatable bonds is 6. The van der Waals surface area contributed by atoms with Gasteiger partial charge in [0, 0.05) is 12.3 Å². The number of unbranched alkanes of at least 4 members (excludes halogenated alkanes) is 3. The summed E-state index contributed by atoms with van der Waals surface area (Å²) in [6.07, 6.45) is 6.54. The van der Waals surface area contributed by atoms with Crippen LogP contribution in [0.25, 0.3) is 0 Å². The number of anilines is 1. The van der Waals surface area contributed by atoms with Gasteiger partial charge in [0.1, 0.15) is 11.6 Å². The van der Waals surface area contributed by atoms with E-state index in [9.17, 15) is 0 Å². The van der Waals surface area contributed by atoms with Gasteiger partial charge in [-0.25, -0.2) is 4.98 Å². The molecule has 0 bridgehead atoms. The Morgan fingerprint density at radius 3 is 2.93 bits per heavy atom. The largest absolute Gasteiger partial charge is 0.493 e. The van der Waals surface area contributed by atoms with Crippen LogP contribution >= 0.6 is 0 Å². The normalized spacial score (nSPS) is 10.1. The number of hydrogen-bond donors (Lipinski definition) is 1.